The summed E-state index contributed by atoms with van der Waals surface area (Å²) in [7, 11) is -3.60. The molecule has 0 aromatic carbocycles. The molecule has 190 valence electrons. The van der Waals surface area contributed by atoms with Gasteiger partial charge in [0.1, 0.15) is 0 Å². The maximum Gasteiger partial charge on any atom is 0.460 e. The summed E-state index contributed by atoms with van der Waals surface area (Å²) in [4.78, 5) is 0. The minimum absolute atomic E-state index is 0.156. The van der Waals surface area contributed by atoms with Crippen molar-refractivity contribution < 1.29 is 44.1 Å². The quantitative estimate of drug-likeness (QED) is 0.110. The van der Waals surface area contributed by atoms with E-state index in [0.29, 0.717) is 51.4 Å². The van der Waals surface area contributed by atoms with Gasteiger partial charge in [-0.25, -0.2) is 0 Å². The van der Waals surface area contributed by atoms with Crippen molar-refractivity contribution in [2.45, 2.75) is 118 Å². The molecule has 2 rings (SSSR count). The lowest BCUT2D eigenvalue weighted by molar-refractivity contribution is -0.396. The highest BCUT2D eigenvalue weighted by atomic mass is 127. The van der Waals surface area contributed by atoms with Gasteiger partial charge in [-0.05, 0) is 32.1 Å². The molecule has 32 heavy (non-hydrogen) atoms. The molecule has 0 saturated heterocycles. The minimum atomic E-state index is -6.90. The van der Waals surface area contributed by atoms with Crippen LogP contribution in [0.25, 0.3) is 0 Å². The van der Waals surface area contributed by atoms with Crippen molar-refractivity contribution in [2.24, 2.45) is 0 Å². The normalized spacial score (nSPS) is 22.2. The van der Waals surface area contributed by atoms with Crippen LogP contribution in [0.15, 0.2) is 0 Å². The second kappa shape index (κ2) is 10.5. The second-order valence-electron chi connectivity index (χ2n) is 9.03. The van der Waals surface area contributed by atoms with Crippen LogP contribution in [-0.2, 0) is 4.57 Å². The summed E-state index contributed by atoms with van der Waals surface area (Å²) in [6, 6.07) is 0. The molecular formula is C20H29F9IOP. The fraction of sp³-hybridized carbons (Fsp3) is 1.00. The van der Waals surface area contributed by atoms with E-state index in [9.17, 15) is 44.1 Å². The van der Waals surface area contributed by atoms with E-state index in [0.717, 1.165) is 12.8 Å². The van der Waals surface area contributed by atoms with Crippen molar-refractivity contribution in [2.75, 3.05) is 4.43 Å². The smallest absolute Gasteiger partial charge is 0.323 e. The summed E-state index contributed by atoms with van der Waals surface area (Å²) in [5, 5.41) is 0. The van der Waals surface area contributed by atoms with Crippen LogP contribution in [0.3, 0.4) is 0 Å². The van der Waals surface area contributed by atoms with Gasteiger partial charge in [0, 0.05) is 27.8 Å². The molecule has 0 bridgehead atoms. The van der Waals surface area contributed by atoms with E-state index in [1.807, 2.05) is 0 Å². The second-order valence-corrected chi connectivity index (χ2v) is 13.8. The highest BCUT2D eigenvalue weighted by molar-refractivity contribution is 14.1. The Hall–Kier alpha value is 0.330. The van der Waals surface area contributed by atoms with E-state index >= 15 is 0 Å². The van der Waals surface area contributed by atoms with Gasteiger partial charge in [0.25, 0.3) is 0 Å². The molecule has 0 aromatic rings. The lowest BCUT2D eigenvalue weighted by Crippen LogP contribution is -2.61. The van der Waals surface area contributed by atoms with E-state index in [2.05, 4.69) is 0 Å². The molecule has 12 heteroatoms. The van der Waals surface area contributed by atoms with Gasteiger partial charge in [0.2, 0.25) is 0 Å². The molecule has 0 spiro atoms. The zero-order chi connectivity index (χ0) is 24.4. The SMILES string of the molecule is O=P(C1CCCCC1)(C1CCCCC1)C(CCI)CC(F)(F)C(F)(F)C(F)(F)C(F)(F)F. The van der Waals surface area contributed by atoms with Crippen molar-refractivity contribution in [1.82, 2.24) is 0 Å². The number of alkyl halides is 10. The average molecular weight is 614 g/mol. The summed E-state index contributed by atoms with van der Waals surface area (Å²) < 4.78 is 136. The Morgan fingerprint density at radius 2 is 1.12 bits per heavy atom. The molecule has 2 aliphatic carbocycles. The minimum Gasteiger partial charge on any atom is -0.323 e. The summed E-state index contributed by atoms with van der Waals surface area (Å²) in [6.07, 6.45) is -2.49. The van der Waals surface area contributed by atoms with Crippen molar-refractivity contribution in [1.29, 1.82) is 0 Å². The number of halogens is 10. The van der Waals surface area contributed by atoms with Crippen LogP contribution < -0.4 is 0 Å². The first-order chi connectivity index (χ1) is 14.6. The van der Waals surface area contributed by atoms with Gasteiger partial charge in [0.05, 0.1) is 7.14 Å². The van der Waals surface area contributed by atoms with Crippen LogP contribution in [0.5, 0.6) is 0 Å². The first-order valence-corrected chi connectivity index (χ1v) is 14.4. The van der Waals surface area contributed by atoms with Gasteiger partial charge in [-0.1, -0.05) is 61.1 Å². The van der Waals surface area contributed by atoms with Crippen molar-refractivity contribution >= 4 is 29.7 Å². The van der Waals surface area contributed by atoms with Crippen molar-refractivity contribution in [3.8, 4) is 0 Å². The third kappa shape index (κ3) is 5.43. The summed E-state index contributed by atoms with van der Waals surface area (Å²) in [6.45, 7) is 0. The topological polar surface area (TPSA) is 17.1 Å². The third-order valence-corrected chi connectivity index (χ3v) is 12.5. The molecule has 2 aliphatic rings. The molecular weight excluding hydrogens is 585 g/mol. The van der Waals surface area contributed by atoms with Gasteiger partial charge in [0.15, 0.2) is 0 Å². The van der Waals surface area contributed by atoms with E-state index in [-0.39, 0.29) is 10.8 Å². The van der Waals surface area contributed by atoms with Gasteiger partial charge in [-0.3, -0.25) is 0 Å². The van der Waals surface area contributed by atoms with Crippen LogP contribution in [0.2, 0.25) is 0 Å². The van der Waals surface area contributed by atoms with Gasteiger partial charge in [-0.15, -0.1) is 0 Å². The molecule has 0 N–H and O–H groups in total. The van der Waals surface area contributed by atoms with Gasteiger partial charge < -0.3 is 4.57 Å². The van der Waals surface area contributed by atoms with E-state index in [4.69, 9.17) is 0 Å². The summed E-state index contributed by atoms with van der Waals surface area (Å²) >= 11 is 1.80. The van der Waals surface area contributed by atoms with Crippen LogP contribution in [0.4, 0.5) is 39.5 Å². The molecule has 0 aromatic heterocycles. The molecule has 1 nitrogen and oxygen atoms in total. The summed E-state index contributed by atoms with van der Waals surface area (Å²) in [5.74, 6) is -19.2. The Morgan fingerprint density at radius 1 is 0.719 bits per heavy atom. The van der Waals surface area contributed by atoms with Crippen molar-refractivity contribution in [3.05, 3.63) is 0 Å². The van der Waals surface area contributed by atoms with Crippen LogP contribution >= 0.6 is 29.7 Å². The monoisotopic (exact) mass is 614 g/mol. The molecule has 1 atom stereocenters. The first-order valence-electron chi connectivity index (χ1n) is 11.0. The zero-order valence-electron chi connectivity index (χ0n) is 17.6. The maximum atomic E-state index is 14.6. The van der Waals surface area contributed by atoms with Crippen molar-refractivity contribution in [3.63, 3.8) is 0 Å². The predicted molar refractivity (Wildman–Crippen MR) is 114 cm³/mol. The molecule has 2 saturated carbocycles. The Labute approximate surface area is 196 Å². The van der Waals surface area contributed by atoms with Crippen LogP contribution in [0.1, 0.15) is 77.0 Å². The number of hydrogen-bond acceptors (Lipinski definition) is 1. The Morgan fingerprint density at radius 3 is 1.47 bits per heavy atom. The zero-order valence-corrected chi connectivity index (χ0v) is 20.6. The fourth-order valence-corrected chi connectivity index (χ4v) is 11.7. The van der Waals surface area contributed by atoms with E-state index in [1.165, 1.54) is 0 Å². The van der Waals surface area contributed by atoms with E-state index < -0.39 is 54.5 Å². The lowest BCUT2D eigenvalue weighted by Gasteiger charge is -2.44. The lowest BCUT2D eigenvalue weighted by atomic mass is 9.98. The first kappa shape index (κ1) is 28.6. The van der Waals surface area contributed by atoms with Crippen LogP contribution in [0, 0.1) is 0 Å². The molecule has 0 heterocycles. The molecule has 0 amide bonds. The highest BCUT2D eigenvalue weighted by Crippen LogP contribution is 2.69. The number of rotatable bonds is 9. The molecule has 0 radical (unpaired) electrons. The fourth-order valence-electron chi connectivity index (χ4n) is 5.27. The number of hydrogen-bond donors (Lipinski definition) is 0. The van der Waals surface area contributed by atoms with E-state index in [1.54, 1.807) is 22.6 Å². The maximum absolute atomic E-state index is 14.6. The average Bonchev–Trinajstić information content (AvgIpc) is 2.73. The van der Waals surface area contributed by atoms with Crippen LogP contribution in [-0.4, -0.2) is 45.3 Å². The highest BCUT2D eigenvalue weighted by Gasteiger charge is 2.81. The Bertz CT molecular complexity index is 634. The molecule has 2 fully saturated rings. The van der Waals surface area contributed by atoms with Gasteiger partial charge >= 0.3 is 23.9 Å². The standard InChI is InChI=1S/C20H29F9IOP/c21-17(22,18(23,24)19(25,26)20(27,28)29)13-16(11-12-30)32(31,14-7-3-1-4-8-14)15-9-5-2-6-10-15/h14-16H,1-13H2. The summed E-state index contributed by atoms with van der Waals surface area (Å²) in [5.41, 5.74) is -2.46. The van der Waals surface area contributed by atoms with Gasteiger partial charge in [-0.2, -0.15) is 39.5 Å². The predicted octanol–water partition coefficient (Wildman–Crippen LogP) is 9.07. The molecule has 1 unspecified atom stereocenters. The Balaban J connectivity index is 2.46. The largest absolute Gasteiger partial charge is 0.460 e. The molecule has 0 aliphatic heterocycles. The third-order valence-electron chi connectivity index (χ3n) is 7.01. The Kier molecular flexibility index (Phi) is 9.40.